The van der Waals surface area contributed by atoms with Gasteiger partial charge in [-0.2, -0.15) is 5.10 Å². The van der Waals surface area contributed by atoms with Gasteiger partial charge in [0.1, 0.15) is 5.82 Å². The number of nitrogens with two attached hydrogens (primary N) is 1. The third kappa shape index (κ3) is 3.43. The summed E-state index contributed by atoms with van der Waals surface area (Å²) in [5.41, 5.74) is 8.54. The molecule has 0 saturated carbocycles. The van der Waals surface area contributed by atoms with Gasteiger partial charge in [-0.3, -0.25) is 4.98 Å². The largest absolute Gasteiger partial charge is 0.399 e. The van der Waals surface area contributed by atoms with Crippen molar-refractivity contribution in [3.63, 3.8) is 0 Å². The predicted molar refractivity (Wildman–Crippen MR) is 110 cm³/mol. The summed E-state index contributed by atoms with van der Waals surface area (Å²) in [4.78, 5) is 11.2. The van der Waals surface area contributed by atoms with Gasteiger partial charge < -0.3 is 21.1 Å². The Labute approximate surface area is 163 Å². The molecule has 0 aliphatic carbocycles. The number of fused-ring (bicyclic) bond motifs is 1. The molecule has 1 atom stereocenters. The second-order valence-electron chi connectivity index (χ2n) is 7.91. The van der Waals surface area contributed by atoms with E-state index in [1.54, 1.807) is 0 Å². The van der Waals surface area contributed by atoms with E-state index in [1.165, 1.54) is 0 Å². The van der Waals surface area contributed by atoms with Gasteiger partial charge in [0.05, 0.1) is 23.0 Å². The molecule has 0 bridgehead atoms. The minimum absolute atomic E-state index is 0.0937. The minimum Gasteiger partial charge on any atom is -0.399 e. The first-order valence-electron chi connectivity index (χ1n) is 9.33. The van der Waals surface area contributed by atoms with Crippen LogP contribution in [-0.2, 0) is 0 Å². The molecule has 0 unspecified atom stereocenters. The molecule has 146 valence electrons. The van der Waals surface area contributed by atoms with E-state index in [4.69, 9.17) is 5.73 Å². The summed E-state index contributed by atoms with van der Waals surface area (Å²) in [5, 5.41) is 24.0. The van der Waals surface area contributed by atoms with E-state index >= 15 is 0 Å². The summed E-state index contributed by atoms with van der Waals surface area (Å²) in [6.45, 7) is 8.82. The Hall–Kier alpha value is -3.00. The van der Waals surface area contributed by atoms with E-state index in [9.17, 15) is 5.11 Å². The molecule has 0 aromatic carbocycles. The second kappa shape index (κ2) is 6.56. The topological polar surface area (TPSA) is 113 Å². The minimum atomic E-state index is -0.657. The van der Waals surface area contributed by atoms with E-state index in [2.05, 4.69) is 25.5 Å². The number of hydrogen-bond donors (Lipinski definition) is 3. The maximum atomic E-state index is 10.0. The Morgan fingerprint density at radius 2 is 1.93 bits per heavy atom. The summed E-state index contributed by atoms with van der Waals surface area (Å²) in [7, 11) is 0. The van der Waals surface area contributed by atoms with Crippen LogP contribution in [0.3, 0.4) is 0 Å². The maximum absolute atomic E-state index is 10.0. The SMILES string of the molecule is Cc1cc(N)cc([C@@H](C)Nc2nnc(C)c3cnc(N4CC(C)(O)C4)cc23)n1. The van der Waals surface area contributed by atoms with Gasteiger partial charge in [0, 0.05) is 41.4 Å². The molecule has 1 fully saturated rings. The van der Waals surface area contributed by atoms with Crippen LogP contribution in [-0.4, -0.2) is 44.0 Å². The van der Waals surface area contributed by atoms with E-state index < -0.39 is 5.60 Å². The van der Waals surface area contributed by atoms with Gasteiger partial charge in [-0.25, -0.2) is 4.98 Å². The lowest BCUT2D eigenvalue weighted by Gasteiger charge is -2.45. The summed E-state index contributed by atoms with van der Waals surface area (Å²) < 4.78 is 0. The van der Waals surface area contributed by atoms with Crippen molar-refractivity contribution in [3.8, 4) is 0 Å². The van der Waals surface area contributed by atoms with Crippen molar-refractivity contribution in [1.82, 2.24) is 20.2 Å². The van der Waals surface area contributed by atoms with Gasteiger partial charge in [-0.15, -0.1) is 5.10 Å². The van der Waals surface area contributed by atoms with E-state index in [-0.39, 0.29) is 6.04 Å². The van der Waals surface area contributed by atoms with Crippen LogP contribution >= 0.6 is 0 Å². The number of nitrogen functional groups attached to an aromatic ring is 1. The molecule has 1 aliphatic rings. The van der Waals surface area contributed by atoms with E-state index in [0.29, 0.717) is 24.6 Å². The number of aromatic nitrogens is 4. The zero-order valence-corrected chi connectivity index (χ0v) is 16.6. The number of nitrogens with zero attached hydrogens (tertiary/aromatic N) is 5. The third-order valence-electron chi connectivity index (χ3n) is 5.01. The van der Waals surface area contributed by atoms with E-state index in [0.717, 1.165) is 33.7 Å². The molecular weight excluding hydrogens is 354 g/mol. The average Bonchev–Trinajstić information content (AvgIpc) is 2.61. The molecule has 4 rings (SSSR count). The first-order chi connectivity index (χ1) is 13.2. The summed E-state index contributed by atoms with van der Waals surface area (Å²) in [6.07, 6.45) is 1.82. The zero-order valence-electron chi connectivity index (χ0n) is 16.6. The maximum Gasteiger partial charge on any atom is 0.157 e. The first kappa shape index (κ1) is 18.4. The van der Waals surface area contributed by atoms with Gasteiger partial charge in [0.25, 0.3) is 0 Å². The highest BCUT2D eigenvalue weighted by Gasteiger charge is 2.37. The summed E-state index contributed by atoms with van der Waals surface area (Å²) in [5.74, 6) is 1.49. The molecule has 3 aromatic rings. The number of hydrogen-bond acceptors (Lipinski definition) is 8. The molecule has 0 amide bonds. The van der Waals surface area contributed by atoms with Crippen molar-refractivity contribution in [3.05, 3.63) is 41.5 Å². The fourth-order valence-corrected chi connectivity index (χ4v) is 3.60. The van der Waals surface area contributed by atoms with Crippen molar-refractivity contribution in [2.75, 3.05) is 29.0 Å². The highest BCUT2D eigenvalue weighted by atomic mass is 16.3. The van der Waals surface area contributed by atoms with E-state index in [1.807, 2.05) is 57.0 Å². The monoisotopic (exact) mass is 379 g/mol. The number of aryl methyl sites for hydroxylation is 2. The standard InChI is InChI=1S/C20H25N7O/c1-11-5-14(21)6-17(23-11)13(3)24-19-15-7-18(27-9-20(4,28)10-27)22-8-16(15)12(2)25-26-19/h5-8,13,28H,9-10H2,1-4H3,(H2,21,23)(H,24,26)/t13-/m1/s1. The normalized spacial score (nSPS) is 16.7. The molecule has 4 heterocycles. The van der Waals surface area contributed by atoms with Crippen LogP contribution in [0.2, 0.25) is 0 Å². The van der Waals surface area contributed by atoms with Crippen molar-refractivity contribution >= 4 is 28.1 Å². The lowest BCUT2D eigenvalue weighted by Crippen LogP contribution is -2.60. The van der Waals surface area contributed by atoms with Crippen molar-refractivity contribution in [2.24, 2.45) is 0 Å². The molecule has 0 spiro atoms. The highest BCUT2D eigenvalue weighted by Crippen LogP contribution is 2.31. The Balaban J connectivity index is 1.69. The molecule has 3 aromatic heterocycles. The van der Waals surface area contributed by atoms with Crippen LogP contribution in [0.25, 0.3) is 10.8 Å². The molecule has 28 heavy (non-hydrogen) atoms. The highest BCUT2D eigenvalue weighted by molar-refractivity contribution is 5.94. The Bertz CT molecular complexity index is 1020. The molecular formula is C20H25N7O. The average molecular weight is 379 g/mol. The first-order valence-corrected chi connectivity index (χ1v) is 9.33. The van der Waals surface area contributed by atoms with Gasteiger partial charge in [-0.05, 0) is 45.9 Å². The van der Waals surface area contributed by atoms with Gasteiger partial charge >= 0.3 is 0 Å². The Morgan fingerprint density at radius 1 is 1.18 bits per heavy atom. The molecule has 1 aliphatic heterocycles. The van der Waals surface area contributed by atoms with Crippen molar-refractivity contribution in [1.29, 1.82) is 0 Å². The lowest BCUT2D eigenvalue weighted by atomic mass is 9.97. The quantitative estimate of drug-likeness (QED) is 0.633. The predicted octanol–water partition coefficient (Wildman–Crippen LogP) is 2.36. The van der Waals surface area contributed by atoms with Crippen LogP contribution in [0, 0.1) is 13.8 Å². The molecule has 0 radical (unpaired) electrons. The van der Waals surface area contributed by atoms with Crippen molar-refractivity contribution < 1.29 is 5.11 Å². The van der Waals surface area contributed by atoms with Crippen molar-refractivity contribution in [2.45, 2.75) is 39.3 Å². The molecule has 1 saturated heterocycles. The second-order valence-corrected chi connectivity index (χ2v) is 7.91. The van der Waals surface area contributed by atoms with Crippen LogP contribution < -0.4 is 16.0 Å². The zero-order chi connectivity index (χ0) is 20.1. The van der Waals surface area contributed by atoms with Crippen LogP contribution in [0.5, 0.6) is 0 Å². The number of anilines is 3. The lowest BCUT2D eigenvalue weighted by molar-refractivity contribution is 0.0305. The summed E-state index contributed by atoms with van der Waals surface area (Å²) >= 11 is 0. The van der Waals surface area contributed by atoms with Crippen LogP contribution in [0.4, 0.5) is 17.3 Å². The van der Waals surface area contributed by atoms with Gasteiger partial charge in [0.2, 0.25) is 0 Å². The fraction of sp³-hybridized carbons (Fsp3) is 0.400. The smallest absolute Gasteiger partial charge is 0.157 e. The molecule has 8 nitrogen and oxygen atoms in total. The third-order valence-corrected chi connectivity index (χ3v) is 5.01. The van der Waals surface area contributed by atoms with Gasteiger partial charge in [0.15, 0.2) is 5.82 Å². The Kier molecular flexibility index (Phi) is 4.30. The number of nitrogens with one attached hydrogen (secondary N) is 1. The Morgan fingerprint density at radius 3 is 2.61 bits per heavy atom. The van der Waals surface area contributed by atoms with Gasteiger partial charge in [-0.1, -0.05) is 0 Å². The number of β-amino-alcohol motifs (C(OH)–C–C–N with tert-alkyl or cyclic N) is 1. The fourth-order valence-electron chi connectivity index (χ4n) is 3.60. The number of pyridine rings is 2. The number of aliphatic hydroxyl groups is 1. The van der Waals surface area contributed by atoms with Crippen LogP contribution in [0.1, 0.15) is 37.0 Å². The summed E-state index contributed by atoms with van der Waals surface area (Å²) in [6, 6.07) is 5.61. The van der Waals surface area contributed by atoms with Crippen LogP contribution in [0.15, 0.2) is 24.4 Å². The molecule has 8 heteroatoms. The number of rotatable bonds is 4. The molecule has 4 N–H and O–H groups in total.